The van der Waals surface area contributed by atoms with Crippen molar-refractivity contribution >= 4 is 5.91 Å². The van der Waals surface area contributed by atoms with Crippen LogP contribution in [0.5, 0.6) is 0 Å². The monoisotopic (exact) mass is 292 g/mol. The first-order valence-electron chi connectivity index (χ1n) is 8.38. The summed E-state index contributed by atoms with van der Waals surface area (Å²) in [5.74, 6) is 0.286. The molecule has 2 aliphatic rings. The number of carbonyl (C=O) groups is 1. The van der Waals surface area contributed by atoms with Crippen molar-refractivity contribution in [1.29, 1.82) is 5.26 Å². The summed E-state index contributed by atoms with van der Waals surface area (Å²) in [6.45, 7) is 8.17. The largest absolute Gasteiger partial charge is 0.342 e. The molecule has 118 valence electrons. The molecule has 2 heterocycles. The number of nitriles is 1. The van der Waals surface area contributed by atoms with Crippen LogP contribution in [-0.2, 0) is 4.79 Å². The van der Waals surface area contributed by atoms with Gasteiger partial charge in [0.2, 0.25) is 5.91 Å². The number of nitrogens with zero attached hydrogens (tertiary/aromatic N) is 4. The molecule has 0 saturated carbocycles. The summed E-state index contributed by atoms with van der Waals surface area (Å²) in [4.78, 5) is 18.8. The Morgan fingerprint density at radius 1 is 1.10 bits per heavy atom. The van der Waals surface area contributed by atoms with E-state index in [1.54, 1.807) is 0 Å². The van der Waals surface area contributed by atoms with Crippen molar-refractivity contribution in [3.8, 4) is 6.07 Å². The molecule has 2 rings (SSSR count). The fourth-order valence-corrected chi connectivity index (χ4v) is 3.27. The van der Waals surface area contributed by atoms with E-state index in [1.165, 1.54) is 6.42 Å². The van der Waals surface area contributed by atoms with E-state index in [2.05, 4.69) is 22.8 Å². The molecule has 0 aromatic heterocycles. The summed E-state index contributed by atoms with van der Waals surface area (Å²) in [6.07, 6.45) is 5.56. The third-order valence-electron chi connectivity index (χ3n) is 4.63. The van der Waals surface area contributed by atoms with Crippen molar-refractivity contribution in [2.24, 2.45) is 0 Å². The lowest BCUT2D eigenvalue weighted by atomic mass is 10.1. The van der Waals surface area contributed by atoms with Crippen LogP contribution < -0.4 is 0 Å². The average Bonchev–Trinajstić information content (AvgIpc) is 2.54. The second-order valence-corrected chi connectivity index (χ2v) is 6.19. The van der Waals surface area contributed by atoms with Crippen molar-refractivity contribution in [2.75, 3.05) is 45.8 Å². The summed E-state index contributed by atoms with van der Waals surface area (Å²) >= 11 is 0. The zero-order valence-electron chi connectivity index (χ0n) is 13.3. The first-order chi connectivity index (χ1) is 10.2. The topological polar surface area (TPSA) is 50.6 Å². The number of carbonyl (C=O) groups excluding carboxylic acids is 1. The molecule has 0 aliphatic carbocycles. The van der Waals surface area contributed by atoms with Crippen LogP contribution in [0, 0.1) is 11.3 Å². The van der Waals surface area contributed by atoms with Gasteiger partial charge in [0.05, 0.1) is 18.7 Å². The van der Waals surface area contributed by atoms with Crippen molar-refractivity contribution in [3.63, 3.8) is 0 Å². The van der Waals surface area contributed by atoms with Crippen LogP contribution in [0.1, 0.15) is 39.0 Å². The minimum Gasteiger partial charge on any atom is -0.342 e. The lowest BCUT2D eigenvalue weighted by molar-refractivity contribution is -0.133. The van der Waals surface area contributed by atoms with Crippen LogP contribution >= 0.6 is 0 Å². The normalized spacial score (nSPS) is 22.8. The van der Waals surface area contributed by atoms with Crippen molar-refractivity contribution < 1.29 is 4.79 Å². The number of likely N-dealkylation sites (tertiary alicyclic amines) is 1. The summed E-state index contributed by atoms with van der Waals surface area (Å²) in [5, 5.41) is 9.22. The SMILES string of the molecule is CCCC(C#N)N1CCN(CC(=O)N2CCCCC2)CC1. The number of rotatable bonds is 5. The second-order valence-electron chi connectivity index (χ2n) is 6.19. The predicted molar refractivity (Wildman–Crippen MR) is 82.8 cm³/mol. The molecule has 2 aliphatic heterocycles. The Bertz CT molecular complexity index is 365. The van der Waals surface area contributed by atoms with Gasteiger partial charge in [-0.25, -0.2) is 0 Å². The van der Waals surface area contributed by atoms with Gasteiger partial charge in [-0.3, -0.25) is 14.6 Å². The van der Waals surface area contributed by atoms with Crippen LogP contribution in [0.4, 0.5) is 0 Å². The molecule has 21 heavy (non-hydrogen) atoms. The minimum atomic E-state index is 0.0509. The molecule has 0 aromatic carbocycles. The van der Waals surface area contributed by atoms with Gasteiger partial charge in [-0.05, 0) is 25.7 Å². The summed E-state index contributed by atoms with van der Waals surface area (Å²) < 4.78 is 0. The van der Waals surface area contributed by atoms with E-state index >= 15 is 0 Å². The zero-order valence-corrected chi connectivity index (χ0v) is 13.3. The van der Waals surface area contributed by atoms with Gasteiger partial charge in [0.1, 0.15) is 0 Å². The summed E-state index contributed by atoms with van der Waals surface area (Å²) in [6, 6.07) is 2.46. The van der Waals surface area contributed by atoms with E-state index in [1.807, 2.05) is 4.90 Å². The Balaban J connectivity index is 1.73. The van der Waals surface area contributed by atoms with Gasteiger partial charge >= 0.3 is 0 Å². The number of piperidine rings is 1. The maximum Gasteiger partial charge on any atom is 0.236 e. The van der Waals surface area contributed by atoms with Crippen LogP contribution in [0.15, 0.2) is 0 Å². The molecule has 5 nitrogen and oxygen atoms in total. The van der Waals surface area contributed by atoms with Gasteiger partial charge in [-0.2, -0.15) is 5.26 Å². The second kappa shape index (κ2) is 8.35. The van der Waals surface area contributed by atoms with Gasteiger partial charge in [0.15, 0.2) is 0 Å². The van der Waals surface area contributed by atoms with E-state index in [9.17, 15) is 10.1 Å². The van der Waals surface area contributed by atoms with Gasteiger partial charge in [-0.15, -0.1) is 0 Å². The fourth-order valence-electron chi connectivity index (χ4n) is 3.27. The first kappa shape index (κ1) is 16.3. The highest BCUT2D eigenvalue weighted by molar-refractivity contribution is 5.78. The van der Waals surface area contributed by atoms with Crippen LogP contribution in [0.25, 0.3) is 0 Å². The van der Waals surface area contributed by atoms with Crippen LogP contribution in [0.3, 0.4) is 0 Å². The average molecular weight is 292 g/mol. The molecule has 5 heteroatoms. The molecule has 0 aromatic rings. The number of amides is 1. The lowest BCUT2D eigenvalue weighted by Gasteiger charge is -2.37. The Morgan fingerprint density at radius 2 is 1.76 bits per heavy atom. The van der Waals surface area contributed by atoms with E-state index in [4.69, 9.17) is 0 Å². The Kier molecular flexibility index (Phi) is 6.47. The van der Waals surface area contributed by atoms with E-state index in [0.717, 1.165) is 65.0 Å². The Labute approximate surface area is 128 Å². The van der Waals surface area contributed by atoms with E-state index in [-0.39, 0.29) is 11.9 Å². The third-order valence-corrected chi connectivity index (χ3v) is 4.63. The quantitative estimate of drug-likeness (QED) is 0.766. The molecular weight excluding hydrogens is 264 g/mol. The third kappa shape index (κ3) is 4.69. The number of piperazine rings is 1. The Hall–Kier alpha value is -1.12. The highest BCUT2D eigenvalue weighted by Crippen LogP contribution is 2.12. The zero-order chi connectivity index (χ0) is 15.1. The smallest absolute Gasteiger partial charge is 0.236 e. The maximum atomic E-state index is 12.3. The van der Waals surface area contributed by atoms with Gasteiger partial charge in [0.25, 0.3) is 0 Å². The molecule has 0 spiro atoms. The summed E-state index contributed by atoms with van der Waals surface area (Å²) in [5.41, 5.74) is 0. The molecule has 0 bridgehead atoms. The predicted octanol–water partition coefficient (Wildman–Crippen LogP) is 1.31. The Morgan fingerprint density at radius 3 is 2.33 bits per heavy atom. The highest BCUT2D eigenvalue weighted by Gasteiger charge is 2.25. The minimum absolute atomic E-state index is 0.0509. The number of hydrogen-bond donors (Lipinski definition) is 0. The number of hydrogen-bond acceptors (Lipinski definition) is 4. The van der Waals surface area contributed by atoms with Crippen molar-refractivity contribution in [3.05, 3.63) is 0 Å². The molecule has 1 atom stereocenters. The molecular formula is C16H28N4O. The molecule has 2 saturated heterocycles. The van der Waals surface area contributed by atoms with Crippen LogP contribution in [-0.4, -0.2) is 72.5 Å². The van der Waals surface area contributed by atoms with Gasteiger partial charge < -0.3 is 4.90 Å². The summed E-state index contributed by atoms with van der Waals surface area (Å²) in [7, 11) is 0. The lowest BCUT2D eigenvalue weighted by Crippen LogP contribution is -2.52. The molecule has 2 fully saturated rings. The van der Waals surface area contributed by atoms with Crippen LogP contribution in [0.2, 0.25) is 0 Å². The van der Waals surface area contributed by atoms with Gasteiger partial charge in [0, 0.05) is 39.3 Å². The highest BCUT2D eigenvalue weighted by atomic mass is 16.2. The standard InChI is InChI=1S/C16H28N4O/c1-2-6-15(13-17)19-11-9-18(10-12-19)14-16(21)20-7-4-3-5-8-20/h15H,2-12,14H2,1H3. The molecule has 0 radical (unpaired) electrons. The maximum absolute atomic E-state index is 12.3. The van der Waals surface area contributed by atoms with Crippen molar-refractivity contribution in [2.45, 2.75) is 45.1 Å². The molecule has 1 amide bonds. The molecule has 1 unspecified atom stereocenters. The fraction of sp³-hybridized carbons (Fsp3) is 0.875. The van der Waals surface area contributed by atoms with Gasteiger partial charge in [-0.1, -0.05) is 13.3 Å². The molecule has 0 N–H and O–H groups in total. The first-order valence-corrected chi connectivity index (χ1v) is 8.38. The van der Waals surface area contributed by atoms with E-state index in [0.29, 0.717) is 6.54 Å². The van der Waals surface area contributed by atoms with Crippen molar-refractivity contribution in [1.82, 2.24) is 14.7 Å². The van der Waals surface area contributed by atoms with E-state index < -0.39 is 0 Å².